The molecular weight excluding hydrogens is 855 g/mol. The number of carboxylic acid groups (broad SMARTS) is 1. The zero-order chi connectivity index (χ0) is 46.5. The van der Waals surface area contributed by atoms with E-state index >= 15 is 0 Å². The van der Waals surface area contributed by atoms with Crippen molar-refractivity contribution in [2.45, 2.75) is 204 Å². The summed E-state index contributed by atoms with van der Waals surface area (Å²) in [6.07, 6.45) is 25.8. The van der Waals surface area contributed by atoms with Crippen molar-refractivity contribution in [3.05, 3.63) is 35.9 Å². The highest BCUT2D eigenvalue weighted by atomic mass is 16.4. The van der Waals surface area contributed by atoms with Crippen LogP contribution in [0.4, 0.5) is 0 Å². The van der Waals surface area contributed by atoms with E-state index in [1.54, 1.807) is 17.9 Å². The summed E-state index contributed by atoms with van der Waals surface area (Å²) in [4.78, 5) is 49.8. The molecule has 0 bridgehead atoms. The lowest BCUT2D eigenvalue weighted by Gasteiger charge is -2.61. The van der Waals surface area contributed by atoms with Crippen molar-refractivity contribution in [1.29, 1.82) is 0 Å². The molecular formula is C56H91N5O7. The van der Waals surface area contributed by atoms with Gasteiger partial charge >= 0.3 is 5.97 Å². The Kier molecular flexibility index (Phi) is 15.3. The molecule has 382 valence electrons. The van der Waals surface area contributed by atoms with Crippen molar-refractivity contribution in [1.82, 2.24) is 24.9 Å². The van der Waals surface area contributed by atoms with Gasteiger partial charge in [-0.1, -0.05) is 50.0 Å². The van der Waals surface area contributed by atoms with E-state index in [1.807, 2.05) is 13.8 Å². The fourth-order valence-corrected chi connectivity index (χ4v) is 17.7. The minimum Gasteiger partial charge on any atom is -0.478 e. The molecule has 0 spiro atoms. The minimum absolute atomic E-state index is 0. The van der Waals surface area contributed by atoms with Gasteiger partial charge in [0.05, 0.1) is 47.8 Å². The molecule has 0 saturated heterocycles. The smallest absolute Gasteiger partial charge is 0.338 e. The Hall–Kier alpha value is -3.38. The summed E-state index contributed by atoms with van der Waals surface area (Å²) in [6, 6.07) is 0. The molecule has 2 heterocycles. The largest absolute Gasteiger partial charge is 0.478 e. The maximum Gasteiger partial charge on any atom is 0.338 e. The predicted octanol–water partition coefficient (Wildman–Crippen LogP) is 10.7. The van der Waals surface area contributed by atoms with Gasteiger partial charge in [0, 0.05) is 31.3 Å². The van der Waals surface area contributed by atoms with Gasteiger partial charge in [0.2, 0.25) is 0 Å². The van der Waals surface area contributed by atoms with Crippen LogP contribution in [-0.2, 0) is 22.7 Å². The molecule has 68 heavy (non-hydrogen) atoms. The second-order valence-corrected chi connectivity index (χ2v) is 24.7. The minimum atomic E-state index is -1.01. The number of rotatable bonds is 8. The number of carboxylic acids is 1. The van der Waals surface area contributed by atoms with Crippen LogP contribution in [0.25, 0.3) is 0 Å². The highest BCUT2D eigenvalue weighted by Crippen LogP contribution is 2.70. The van der Waals surface area contributed by atoms with Gasteiger partial charge in [-0.3, -0.25) is 23.7 Å². The lowest BCUT2D eigenvalue weighted by molar-refractivity contribution is -0.151. The molecule has 8 fully saturated rings. The van der Waals surface area contributed by atoms with Crippen LogP contribution < -0.4 is 5.32 Å². The summed E-state index contributed by atoms with van der Waals surface area (Å²) in [6.45, 7) is 14.2. The summed E-state index contributed by atoms with van der Waals surface area (Å²) in [5.74, 6) is 4.80. The molecule has 12 nitrogen and oxygen atoms in total. The number of carbonyl (C=O) groups is 4. The molecule has 8 aliphatic carbocycles. The van der Waals surface area contributed by atoms with Gasteiger partial charge in [-0.2, -0.15) is 10.2 Å². The topological polar surface area (TPSA) is 177 Å². The van der Waals surface area contributed by atoms with Gasteiger partial charge in [0.1, 0.15) is 0 Å². The van der Waals surface area contributed by atoms with Crippen molar-refractivity contribution in [2.75, 3.05) is 7.05 Å². The first-order valence-electron chi connectivity index (χ1n) is 25.6. The van der Waals surface area contributed by atoms with Gasteiger partial charge in [-0.05, 0) is 198 Å². The number of ketones is 2. The summed E-state index contributed by atoms with van der Waals surface area (Å²) in [7, 11) is 1.60. The maximum absolute atomic E-state index is 13.5. The van der Waals surface area contributed by atoms with Crippen LogP contribution in [0, 0.1) is 80.8 Å². The second kappa shape index (κ2) is 19.3. The van der Waals surface area contributed by atoms with E-state index in [-0.39, 0.29) is 81.1 Å². The van der Waals surface area contributed by atoms with E-state index in [0.29, 0.717) is 51.9 Å². The Labute approximate surface area is 409 Å². The van der Waals surface area contributed by atoms with Crippen LogP contribution in [0.3, 0.4) is 0 Å². The number of nitrogens with zero attached hydrogens (tertiary/aromatic N) is 4. The summed E-state index contributed by atoms with van der Waals surface area (Å²) < 4.78 is 3.13. The Morgan fingerprint density at radius 2 is 0.956 bits per heavy atom. The third-order valence-electron chi connectivity index (χ3n) is 21.3. The number of aromatic carboxylic acids is 1. The summed E-state index contributed by atoms with van der Waals surface area (Å²) >= 11 is 0. The first-order chi connectivity index (χ1) is 30.6. The second-order valence-electron chi connectivity index (χ2n) is 24.7. The number of Topliss-reactive ketones (excluding diaryl/α,β-unsaturated/α-hetero) is 2. The van der Waals surface area contributed by atoms with Crippen molar-refractivity contribution >= 4 is 23.4 Å². The molecule has 8 saturated carbocycles. The van der Waals surface area contributed by atoms with Crippen molar-refractivity contribution < 1.29 is 34.5 Å². The molecule has 10 rings (SSSR count). The van der Waals surface area contributed by atoms with Crippen LogP contribution >= 0.6 is 0 Å². The molecule has 4 N–H and O–H groups in total. The number of aliphatic hydroxyl groups is 2. The zero-order valence-electron chi connectivity index (χ0n) is 40.5. The van der Waals surface area contributed by atoms with E-state index in [2.05, 4.69) is 43.2 Å². The van der Waals surface area contributed by atoms with E-state index < -0.39 is 17.2 Å². The van der Waals surface area contributed by atoms with Gasteiger partial charge in [-0.25, -0.2) is 4.79 Å². The molecule has 0 aliphatic heterocycles. The molecule has 2 aromatic heterocycles. The van der Waals surface area contributed by atoms with Gasteiger partial charge in [0.15, 0.2) is 11.6 Å². The molecule has 8 aliphatic rings. The fourth-order valence-electron chi connectivity index (χ4n) is 17.7. The van der Waals surface area contributed by atoms with E-state index in [1.165, 1.54) is 61.8 Å². The van der Waals surface area contributed by atoms with E-state index in [4.69, 9.17) is 5.11 Å². The van der Waals surface area contributed by atoms with E-state index in [9.17, 15) is 29.4 Å². The number of nitrogens with one attached hydrogen (secondary N) is 1. The van der Waals surface area contributed by atoms with E-state index in [0.717, 1.165) is 88.9 Å². The van der Waals surface area contributed by atoms with Crippen LogP contribution in [0.15, 0.2) is 24.8 Å². The molecule has 16 atom stereocenters. The Morgan fingerprint density at radius 3 is 1.35 bits per heavy atom. The SMILES string of the molecule is C.C.C.CNC(=O)c1cnn(CC(=O)[C@H]2CC[C@H]3[C@@H]4CC[C@@H]5C[C@](C)(O)CC[C@]5(C)[C@H]4CC[C@]23C)c1.C[C@@]1(O)CC[C@@]2(C)[C@H](CC[C@@H]3[C@@H]2CC[C@]2(C)[C@@H](C(=O)Cn4cc(C(=O)O)cn4)CC[C@@H]32)C1. The van der Waals surface area contributed by atoms with Crippen molar-refractivity contribution in [2.24, 2.45) is 80.8 Å². The Morgan fingerprint density at radius 1 is 0.559 bits per heavy atom. The van der Waals surface area contributed by atoms with Crippen molar-refractivity contribution in [3.63, 3.8) is 0 Å². The van der Waals surface area contributed by atoms with Crippen LogP contribution in [0.1, 0.15) is 200 Å². The lowest BCUT2D eigenvalue weighted by atomic mass is 9.44. The molecule has 0 aromatic carbocycles. The van der Waals surface area contributed by atoms with Gasteiger partial charge in [0.25, 0.3) is 5.91 Å². The van der Waals surface area contributed by atoms with Crippen LogP contribution in [0.5, 0.6) is 0 Å². The normalized spacial score (nSPS) is 43.0. The first-order valence-corrected chi connectivity index (χ1v) is 25.6. The predicted molar refractivity (Wildman–Crippen MR) is 267 cm³/mol. The van der Waals surface area contributed by atoms with Crippen LogP contribution in [0.2, 0.25) is 0 Å². The average molecular weight is 946 g/mol. The number of carbonyl (C=O) groups excluding carboxylic acids is 3. The quantitative estimate of drug-likeness (QED) is 0.201. The molecule has 1 amide bonds. The summed E-state index contributed by atoms with van der Waals surface area (Å²) in [5.41, 5.74) is 0.440. The maximum atomic E-state index is 13.5. The van der Waals surface area contributed by atoms with Gasteiger partial charge in [-0.15, -0.1) is 0 Å². The van der Waals surface area contributed by atoms with Crippen LogP contribution in [-0.4, -0.2) is 76.6 Å². The number of fused-ring (bicyclic) bond motifs is 10. The zero-order valence-corrected chi connectivity index (χ0v) is 40.5. The van der Waals surface area contributed by atoms with Crippen molar-refractivity contribution in [3.8, 4) is 0 Å². The molecule has 2 aromatic rings. The monoisotopic (exact) mass is 946 g/mol. The third kappa shape index (κ3) is 9.22. The number of amides is 1. The summed E-state index contributed by atoms with van der Waals surface area (Å²) in [5, 5.41) is 41.5. The fraction of sp³-hybridized carbons (Fsp3) is 0.821. The third-order valence-corrected chi connectivity index (χ3v) is 21.3. The molecule has 12 heteroatoms. The first kappa shape index (κ1) is 54.0. The highest BCUT2D eigenvalue weighted by molar-refractivity contribution is 5.93. The molecule has 0 radical (unpaired) electrons. The average Bonchev–Trinajstić information content (AvgIpc) is 4.06. The number of hydrogen-bond acceptors (Lipinski definition) is 8. The molecule has 0 unspecified atom stereocenters. The standard InChI is InChI=1S/C27H41N3O3.C26H38N2O4.3CH4/c1-25(33)11-12-26(2)18(13-25)5-6-19-20-7-8-22(27(20,3)10-9-21(19)26)23(31)16-30-15-17(14-29-30)24(32)28-4;1-24(32)10-11-25(2)17(12-24)4-5-18-19-6-7-21(26(19,3)9-8-20(18)25)22(29)15-28-14-16(13-27-28)23(30)31;;;/h14-15,18-22,33H,5-13,16H2,1-4H3,(H,28,32);13-14,17-21,32H,4-12,15H2,1-3H3,(H,30,31);3*1H4/t18-,19+,20+,21+,22-,25-,26+,27+;17-,18+,19+,20+,21-,24-,25+,26+;;;/m11.../s1. The highest BCUT2D eigenvalue weighted by Gasteiger charge is 2.63. The van der Waals surface area contributed by atoms with Gasteiger partial charge < -0.3 is 20.6 Å². The Balaban J connectivity index is 0.000000215. The number of hydrogen-bond donors (Lipinski definition) is 4. The number of aromatic nitrogens is 4. The Bertz CT molecular complexity index is 2160. The lowest BCUT2D eigenvalue weighted by Crippen LogP contribution is -2.55.